The van der Waals surface area contributed by atoms with Crippen LogP contribution in [0.1, 0.15) is 11.3 Å². The lowest BCUT2D eigenvalue weighted by Gasteiger charge is -2.11. The van der Waals surface area contributed by atoms with Crippen molar-refractivity contribution in [3.63, 3.8) is 0 Å². The third-order valence-corrected chi connectivity index (χ3v) is 4.45. The minimum atomic E-state index is 0. The van der Waals surface area contributed by atoms with Gasteiger partial charge in [0.05, 0.1) is 5.69 Å². The molecular weight excluding hydrogens is 469 g/mol. The molecule has 0 fully saturated rings. The molecule has 1 aliphatic rings. The summed E-state index contributed by atoms with van der Waals surface area (Å²) in [5, 5.41) is 6.67. The van der Waals surface area contributed by atoms with E-state index in [9.17, 15) is 0 Å². The molecule has 3 heterocycles. The van der Waals surface area contributed by atoms with E-state index in [1.807, 2.05) is 40.9 Å². The molecule has 2 aromatic heterocycles. The monoisotopic (exact) mass is 493 g/mol. The Bertz CT molecular complexity index is 924. The van der Waals surface area contributed by atoms with Crippen LogP contribution in [0.2, 0.25) is 0 Å². The first-order valence-corrected chi connectivity index (χ1v) is 9.07. The van der Waals surface area contributed by atoms with Gasteiger partial charge in [0.1, 0.15) is 5.65 Å². The Hall–Kier alpha value is -2.49. The van der Waals surface area contributed by atoms with Gasteiger partial charge in [0.2, 0.25) is 6.79 Å². The van der Waals surface area contributed by atoms with Crippen LogP contribution in [-0.4, -0.2) is 42.3 Å². The van der Waals surface area contributed by atoms with E-state index in [1.54, 1.807) is 7.05 Å². The van der Waals surface area contributed by atoms with Crippen LogP contribution in [-0.2, 0) is 12.8 Å². The highest BCUT2D eigenvalue weighted by molar-refractivity contribution is 14.0. The Kier molecular flexibility index (Phi) is 6.96. The van der Waals surface area contributed by atoms with Gasteiger partial charge in [-0.2, -0.15) is 0 Å². The van der Waals surface area contributed by atoms with Gasteiger partial charge in [0, 0.05) is 39.0 Å². The number of nitrogens with zero attached hydrogens (tertiary/aromatic N) is 3. The summed E-state index contributed by atoms with van der Waals surface area (Å²) in [6.45, 7) is 1.86. The summed E-state index contributed by atoms with van der Waals surface area (Å²) in [4.78, 5) is 8.88. The van der Waals surface area contributed by atoms with Crippen LogP contribution in [0.3, 0.4) is 0 Å². The highest BCUT2D eigenvalue weighted by Crippen LogP contribution is 2.32. The number of pyridine rings is 1. The van der Waals surface area contributed by atoms with E-state index in [4.69, 9.17) is 9.47 Å². The minimum Gasteiger partial charge on any atom is -0.454 e. The summed E-state index contributed by atoms with van der Waals surface area (Å²) >= 11 is 0. The van der Waals surface area contributed by atoms with Gasteiger partial charge < -0.3 is 24.5 Å². The fourth-order valence-corrected chi connectivity index (χ4v) is 3.06. The van der Waals surface area contributed by atoms with E-state index < -0.39 is 0 Å². The van der Waals surface area contributed by atoms with Gasteiger partial charge in [0.15, 0.2) is 17.5 Å². The molecule has 0 radical (unpaired) electrons. The highest BCUT2D eigenvalue weighted by Gasteiger charge is 2.12. The van der Waals surface area contributed by atoms with Crippen molar-refractivity contribution in [3.05, 3.63) is 60.0 Å². The molecular formula is C20H24IN5O2. The van der Waals surface area contributed by atoms with Gasteiger partial charge in [-0.15, -0.1) is 24.0 Å². The molecule has 1 aromatic carbocycles. The van der Waals surface area contributed by atoms with Crippen molar-refractivity contribution in [1.29, 1.82) is 0 Å². The molecule has 28 heavy (non-hydrogen) atoms. The van der Waals surface area contributed by atoms with Crippen LogP contribution in [0.15, 0.2) is 53.8 Å². The number of guanidine groups is 1. The molecule has 1 aliphatic heterocycles. The van der Waals surface area contributed by atoms with Crippen LogP contribution in [0.4, 0.5) is 0 Å². The Morgan fingerprint density at radius 3 is 2.75 bits per heavy atom. The normalized spacial score (nSPS) is 12.7. The fraction of sp³-hybridized carbons (Fsp3) is 0.300. The summed E-state index contributed by atoms with van der Waals surface area (Å²) in [6.07, 6.45) is 5.79. The Morgan fingerprint density at radius 1 is 1.11 bits per heavy atom. The predicted molar refractivity (Wildman–Crippen MR) is 120 cm³/mol. The number of hydrogen-bond donors (Lipinski definition) is 2. The maximum atomic E-state index is 5.42. The summed E-state index contributed by atoms with van der Waals surface area (Å²) < 4.78 is 12.8. The molecule has 0 bridgehead atoms. The fourth-order valence-electron chi connectivity index (χ4n) is 3.06. The Morgan fingerprint density at radius 2 is 1.93 bits per heavy atom. The van der Waals surface area contributed by atoms with E-state index in [1.165, 1.54) is 5.56 Å². The maximum Gasteiger partial charge on any atom is 0.231 e. The third-order valence-electron chi connectivity index (χ3n) is 4.45. The summed E-state index contributed by atoms with van der Waals surface area (Å²) in [6, 6.07) is 12.1. The molecule has 4 rings (SSSR count). The second kappa shape index (κ2) is 9.63. The number of benzene rings is 1. The van der Waals surface area contributed by atoms with Crippen LogP contribution >= 0.6 is 24.0 Å². The van der Waals surface area contributed by atoms with Gasteiger partial charge in [-0.25, -0.2) is 4.98 Å². The summed E-state index contributed by atoms with van der Waals surface area (Å²) in [7, 11) is 1.78. The summed E-state index contributed by atoms with van der Waals surface area (Å²) in [5.41, 5.74) is 3.23. The number of nitrogens with one attached hydrogen (secondary N) is 2. The van der Waals surface area contributed by atoms with Gasteiger partial charge >= 0.3 is 0 Å². The number of imidazole rings is 1. The molecule has 3 aromatic rings. The molecule has 2 N–H and O–H groups in total. The van der Waals surface area contributed by atoms with Crippen LogP contribution < -0.4 is 20.1 Å². The predicted octanol–water partition coefficient (Wildman–Crippen LogP) is 2.63. The number of ether oxygens (including phenoxy) is 2. The van der Waals surface area contributed by atoms with Crippen molar-refractivity contribution in [3.8, 4) is 11.5 Å². The first-order valence-electron chi connectivity index (χ1n) is 9.07. The van der Waals surface area contributed by atoms with Crippen molar-refractivity contribution in [2.24, 2.45) is 4.99 Å². The molecule has 0 atom stereocenters. The van der Waals surface area contributed by atoms with Gasteiger partial charge in [0.25, 0.3) is 0 Å². The zero-order valence-corrected chi connectivity index (χ0v) is 18.1. The number of halogens is 1. The lowest BCUT2D eigenvalue weighted by atomic mass is 10.1. The van der Waals surface area contributed by atoms with Crippen LogP contribution in [0, 0.1) is 0 Å². The average Bonchev–Trinajstić information content (AvgIpc) is 3.32. The highest BCUT2D eigenvalue weighted by atomic mass is 127. The number of aromatic nitrogens is 2. The van der Waals surface area contributed by atoms with E-state index in [-0.39, 0.29) is 24.0 Å². The van der Waals surface area contributed by atoms with E-state index in [2.05, 4.69) is 32.9 Å². The van der Waals surface area contributed by atoms with Crippen LogP contribution in [0.5, 0.6) is 11.5 Å². The molecule has 0 spiro atoms. The van der Waals surface area contributed by atoms with Gasteiger partial charge in [-0.05, 0) is 36.2 Å². The molecule has 0 saturated carbocycles. The molecule has 0 aliphatic carbocycles. The number of rotatable bonds is 6. The Labute approximate surface area is 181 Å². The average molecular weight is 493 g/mol. The van der Waals surface area contributed by atoms with Crippen molar-refractivity contribution < 1.29 is 9.47 Å². The summed E-state index contributed by atoms with van der Waals surface area (Å²) in [5.74, 6) is 2.43. The van der Waals surface area contributed by atoms with E-state index in [0.717, 1.165) is 54.7 Å². The lowest BCUT2D eigenvalue weighted by Crippen LogP contribution is -2.39. The Balaban J connectivity index is 0.00000225. The molecule has 148 valence electrons. The third kappa shape index (κ3) is 4.86. The quantitative estimate of drug-likeness (QED) is 0.314. The van der Waals surface area contributed by atoms with Crippen molar-refractivity contribution in [2.75, 3.05) is 26.9 Å². The maximum absolute atomic E-state index is 5.42. The second-order valence-electron chi connectivity index (χ2n) is 6.31. The van der Waals surface area contributed by atoms with Crippen molar-refractivity contribution >= 4 is 35.6 Å². The first kappa shape index (κ1) is 20.2. The lowest BCUT2D eigenvalue weighted by molar-refractivity contribution is 0.174. The first-order chi connectivity index (χ1) is 13.3. The zero-order valence-electron chi connectivity index (χ0n) is 15.7. The second-order valence-corrected chi connectivity index (χ2v) is 6.31. The topological polar surface area (TPSA) is 72.2 Å². The number of fused-ring (bicyclic) bond motifs is 2. The molecule has 0 unspecified atom stereocenters. The molecule has 0 saturated heterocycles. The smallest absolute Gasteiger partial charge is 0.231 e. The zero-order chi connectivity index (χ0) is 18.5. The largest absolute Gasteiger partial charge is 0.454 e. The molecule has 8 heteroatoms. The molecule has 0 amide bonds. The molecule has 7 nitrogen and oxygen atoms in total. The van der Waals surface area contributed by atoms with E-state index in [0.29, 0.717) is 6.79 Å². The minimum absolute atomic E-state index is 0. The number of aliphatic imine (C=N–C) groups is 1. The van der Waals surface area contributed by atoms with Crippen molar-refractivity contribution in [2.45, 2.75) is 12.8 Å². The van der Waals surface area contributed by atoms with E-state index >= 15 is 0 Å². The van der Waals surface area contributed by atoms with Crippen molar-refractivity contribution in [1.82, 2.24) is 20.0 Å². The standard InChI is InChI=1S/C20H23N5O2.HI/c1-21-20(22-9-7-15-5-6-17-18(12-15)27-14-26-17)23-10-8-16-13-25-11-3-2-4-19(25)24-16;/h2-6,11-13H,7-10,14H2,1H3,(H2,21,22,23);1H. The van der Waals surface area contributed by atoms with Crippen LogP contribution in [0.25, 0.3) is 5.65 Å². The van der Waals surface area contributed by atoms with Gasteiger partial charge in [-0.3, -0.25) is 4.99 Å². The SMILES string of the molecule is CN=C(NCCc1ccc2c(c1)OCO2)NCCc1cn2ccccc2n1.I. The van der Waals surface area contributed by atoms with Gasteiger partial charge in [-0.1, -0.05) is 12.1 Å². The number of hydrogen-bond acceptors (Lipinski definition) is 4.